The molecule has 0 radical (unpaired) electrons. The van der Waals surface area contributed by atoms with Gasteiger partial charge in [0.2, 0.25) is 0 Å². The van der Waals surface area contributed by atoms with Crippen LogP contribution in [0.25, 0.3) is 10.4 Å². The summed E-state index contributed by atoms with van der Waals surface area (Å²) in [7, 11) is 0. The largest absolute Gasteiger partial charge is 0.478 e. The van der Waals surface area contributed by atoms with Gasteiger partial charge in [0.1, 0.15) is 0 Å². The Balaban J connectivity index is 2.88. The van der Waals surface area contributed by atoms with Crippen LogP contribution in [0.3, 0.4) is 0 Å². The highest BCUT2D eigenvalue weighted by atomic mass is 19.1. The third-order valence-corrected chi connectivity index (χ3v) is 1.85. The lowest BCUT2D eigenvalue weighted by atomic mass is 10.1. The minimum Gasteiger partial charge on any atom is -0.478 e. The van der Waals surface area contributed by atoms with Crippen molar-refractivity contribution < 1.29 is 14.3 Å². The van der Waals surface area contributed by atoms with Crippen LogP contribution in [-0.4, -0.2) is 17.6 Å². The molecular weight excluding hydrogens is 225 g/mol. The van der Waals surface area contributed by atoms with Crippen molar-refractivity contribution in [3.05, 3.63) is 45.6 Å². The molecule has 1 N–H and O–H groups in total. The molecule has 6 heteroatoms. The van der Waals surface area contributed by atoms with Crippen LogP contribution in [0.5, 0.6) is 0 Å². The number of halogens is 1. The van der Waals surface area contributed by atoms with Crippen LogP contribution < -0.4 is 0 Å². The number of carboxylic acids is 1. The minimum atomic E-state index is -1.33. The van der Waals surface area contributed by atoms with Crippen LogP contribution in [0.2, 0.25) is 0 Å². The van der Waals surface area contributed by atoms with Crippen molar-refractivity contribution >= 4 is 5.97 Å². The Morgan fingerprint density at radius 3 is 3.00 bits per heavy atom. The molecule has 1 aromatic carbocycles. The summed E-state index contributed by atoms with van der Waals surface area (Å²) >= 11 is 0. The average molecular weight is 233 g/mol. The van der Waals surface area contributed by atoms with E-state index in [1.165, 1.54) is 18.2 Å². The zero-order chi connectivity index (χ0) is 12.7. The van der Waals surface area contributed by atoms with E-state index in [1.807, 2.05) is 0 Å². The fourth-order valence-electron chi connectivity index (χ4n) is 1.10. The zero-order valence-electron chi connectivity index (χ0n) is 8.72. The molecule has 0 fully saturated rings. The van der Waals surface area contributed by atoms with Crippen LogP contribution in [0.4, 0.5) is 4.39 Å². The topological polar surface area (TPSA) is 86.1 Å². The van der Waals surface area contributed by atoms with Crippen molar-refractivity contribution in [1.29, 1.82) is 0 Å². The van der Waals surface area contributed by atoms with Gasteiger partial charge in [-0.3, -0.25) is 0 Å². The van der Waals surface area contributed by atoms with Crippen molar-refractivity contribution in [2.75, 3.05) is 6.54 Å². The van der Waals surface area contributed by atoms with Gasteiger partial charge in [0.05, 0.1) is 11.1 Å². The Morgan fingerprint density at radius 1 is 1.59 bits per heavy atom. The summed E-state index contributed by atoms with van der Waals surface area (Å²) in [6.07, 6.45) is 0.292. The number of carbonyl (C=O) groups is 1. The van der Waals surface area contributed by atoms with Gasteiger partial charge in [0, 0.05) is 17.9 Å². The van der Waals surface area contributed by atoms with E-state index in [0.29, 0.717) is 6.42 Å². The summed E-state index contributed by atoms with van der Waals surface area (Å²) in [4.78, 5) is 13.2. The second kappa shape index (κ2) is 6.16. The fourth-order valence-corrected chi connectivity index (χ4v) is 1.10. The molecule has 0 unspecified atom stereocenters. The first kappa shape index (κ1) is 12.6. The van der Waals surface area contributed by atoms with Gasteiger partial charge in [-0.05, 0) is 17.7 Å². The highest BCUT2D eigenvalue weighted by Gasteiger charge is 2.11. The summed E-state index contributed by atoms with van der Waals surface area (Å²) in [6, 6.07) is 3.98. The second-order valence-corrected chi connectivity index (χ2v) is 2.98. The predicted octanol–water partition coefficient (Wildman–Crippen LogP) is 2.58. The maximum Gasteiger partial charge on any atom is 0.338 e. The molecule has 0 saturated heterocycles. The number of carboxylic acid groups (broad SMARTS) is 1. The molecular formula is C11H8FN3O2. The smallest absolute Gasteiger partial charge is 0.338 e. The molecule has 0 amide bonds. The fraction of sp³-hybridized carbons (Fsp3) is 0.182. The molecule has 17 heavy (non-hydrogen) atoms. The summed E-state index contributed by atoms with van der Waals surface area (Å²) in [5, 5.41) is 11.9. The molecule has 5 nitrogen and oxygen atoms in total. The monoisotopic (exact) mass is 233 g/mol. The first-order valence-corrected chi connectivity index (χ1v) is 4.68. The molecule has 0 heterocycles. The maximum absolute atomic E-state index is 13.5. The van der Waals surface area contributed by atoms with E-state index in [-0.39, 0.29) is 12.1 Å². The lowest BCUT2D eigenvalue weighted by Crippen LogP contribution is -2.01. The number of nitrogens with zero attached hydrogens (tertiary/aromatic N) is 3. The average Bonchev–Trinajstić information content (AvgIpc) is 2.30. The summed E-state index contributed by atoms with van der Waals surface area (Å²) in [5.41, 5.74) is 7.62. The van der Waals surface area contributed by atoms with Crippen molar-refractivity contribution in [1.82, 2.24) is 0 Å². The van der Waals surface area contributed by atoms with Crippen LogP contribution in [0.15, 0.2) is 23.3 Å². The van der Waals surface area contributed by atoms with Crippen molar-refractivity contribution in [2.45, 2.75) is 6.42 Å². The minimum absolute atomic E-state index is 0.0193. The first-order chi connectivity index (χ1) is 8.16. The van der Waals surface area contributed by atoms with Gasteiger partial charge in [-0.15, -0.1) is 0 Å². The summed E-state index contributed by atoms with van der Waals surface area (Å²) in [5.74, 6) is 2.91. The van der Waals surface area contributed by atoms with Gasteiger partial charge in [0.15, 0.2) is 5.82 Å². The molecule has 0 saturated carbocycles. The standard InChI is InChI=1S/C11H8FN3O2/c12-10-8(4-1-2-7-14-15-13)5-3-6-9(10)11(16)17/h3,5-6H,2,7H2,(H,16,17). The molecule has 0 aliphatic carbocycles. The molecule has 0 aliphatic rings. The Bertz CT molecular complexity index is 539. The lowest BCUT2D eigenvalue weighted by Gasteiger charge is -1.98. The number of hydrogen-bond acceptors (Lipinski definition) is 2. The van der Waals surface area contributed by atoms with Crippen LogP contribution in [0.1, 0.15) is 22.3 Å². The quantitative estimate of drug-likeness (QED) is 0.286. The lowest BCUT2D eigenvalue weighted by molar-refractivity contribution is 0.0692. The molecule has 86 valence electrons. The normalized spacial score (nSPS) is 8.76. The highest BCUT2D eigenvalue weighted by molar-refractivity contribution is 5.88. The van der Waals surface area contributed by atoms with Crippen molar-refractivity contribution in [2.24, 2.45) is 5.11 Å². The molecule has 1 aromatic rings. The SMILES string of the molecule is [N-]=[N+]=NCCC#Cc1cccc(C(=O)O)c1F. The van der Waals surface area contributed by atoms with Gasteiger partial charge < -0.3 is 5.11 Å². The van der Waals surface area contributed by atoms with Gasteiger partial charge in [-0.1, -0.05) is 23.0 Å². The zero-order valence-corrected chi connectivity index (χ0v) is 8.72. The Kier molecular flexibility index (Phi) is 4.55. The van der Waals surface area contributed by atoms with Crippen molar-refractivity contribution in [3.63, 3.8) is 0 Å². The van der Waals surface area contributed by atoms with Crippen LogP contribution in [0, 0.1) is 17.7 Å². The Morgan fingerprint density at radius 2 is 2.35 bits per heavy atom. The number of benzene rings is 1. The maximum atomic E-state index is 13.5. The molecule has 0 bridgehead atoms. The molecule has 0 atom stereocenters. The Labute approximate surface area is 96.5 Å². The molecule has 1 rings (SSSR count). The van der Waals surface area contributed by atoms with E-state index in [9.17, 15) is 9.18 Å². The van der Waals surface area contributed by atoms with Gasteiger partial charge in [-0.2, -0.15) is 0 Å². The van der Waals surface area contributed by atoms with E-state index < -0.39 is 17.3 Å². The van der Waals surface area contributed by atoms with E-state index in [1.54, 1.807) is 0 Å². The van der Waals surface area contributed by atoms with E-state index in [0.717, 1.165) is 0 Å². The summed E-state index contributed by atoms with van der Waals surface area (Å²) in [6.45, 7) is 0.198. The van der Waals surface area contributed by atoms with Crippen molar-refractivity contribution in [3.8, 4) is 11.8 Å². The van der Waals surface area contributed by atoms with E-state index in [2.05, 4.69) is 21.9 Å². The third-order valence-electron chi connectivity index (χ3n) is 1.85. The molecule has 0 aliphatic heterocycles. The highest BCUT2D eigenvalue weighted by Crippen LogP contribution is 2.11. The second-order valence-electron chi connectivity index (χ2n) is 2.98. The van der Waals surface area contributed by atoms with Gasteiger partial charge in [0.25, 0.3) is 0 Å². The third kappa shape index (κ3) is 3.52. The van der Waals surface area contributed by atoms with Crippen LogP contribution in [-0.2, 0) is 0 Å². The van der Waals surface area contributed by atoms with Crippen LogP contribution >= 0.6 is 0 Å². The summed E-state index contributed by atoms with van der Waals surface area (Å²) < 4.78 is 13.5. The molecule has 0 aromatic heterocycles. The van der Waals surface area contributed by atoms with E-state index >= 15 is 0 Å². The number of rotatable bonds is 3. The number of aromatic carboxylic acids is 1. The Hall–Kier alpha value is -2.51. The number of hydrogen-bond donors (Lipinski definition) is 1. The molecule has 0 spiro atoms. The predicted molar refractivity (Wildman–Crippen MR) is 58.9 cm³/mol. The van der Waals surface area contributed by atoms with Gasteiger partial charge >= 0.3 is 5.97 Å². The number of azide groups is 1. The first-order valence-electron chi connectivity index (χ1n) is 4.68. The van der Waals surface area contributed by atoms with Gasteiger partial charge in [-0.25, -0.2) is 9.18 Å². The van der Waals surface area contributed by atoms with E-state index in [4.69, 9.17) is 10.6 Å².